The number of carbonyl (C=O) groups excluding carboxylic acids is 1. The lowest BCUT2D eigenvalue weighted by Gasteiger charge is -2.12. The summed E-state index contributed by atoms with van der Waals surface area (Å²) in [7, 11) is -3.31. The number of rotatable bonds is 5. The number of hydrogen-bond acceptors (Lipinski definition) is 6. The fourth-order valence-corrected chi connectivity index (χ4v) is 4.40. The van der Waals surface area contributed by atoms with Gasteiger partial charge in [0.25, 0.3) is 15.9 Å². The zero-order chi connectivity index (χ0) is 23.8. The van der Waals surface area contributed by atoms with E-state index in [9.17, 15) is 26.4 Å². The average Bonchev–Trinajstić information content (AvgIpc) is 3.08. The quantitative estimate of drug-likeness (QED) is 0.558. The predicted octanol–water partition coefficient (Wildman–Crippen LogP) is 4.03. The van der Waals surface area contributed by atoms with Gasteiger partial charge in [-0.2, -0.15) is 13.2 Å². The Morgan fingerprint density at radius 3 is 2.41 bits per heavy atom. The fraction of sp³-hybridized carbons (Fsp3) is 0.167. The molecule has 32 heavy (non-hydrogen) atoms. The molecule has 0 aliphatic carbocycles. The molecule has 2 aromatic carbocycles. The second kappa shape index (κ2) is 8.60. The molecule has 0 unspecified atom stereocenters. The third-order valence-electron chi connectivity index (χ3n) is 4.27. The number of carbonyl (C=O) groups is 1. The van der Waals surface area contributed by atoms with Crippen molar-refractivity contribution in [2.24, 2.45) is 0 Å². The van der Waals surface area contributed by atoms with Crippen molar-refractivity contribution >= 4 is 39.1 Å². The normalized spacial score (nSPS) is 12.0. The second-order valence-corrected chi connectivity index (χ2v) is 8.80. The number of benzene rings is 2. The summed E-state index contributed by atoms with van der Waals surface area (Å²) in [6.07, 6.45) is -4.81. The van der Waals surface area contributed by atoms with Crippen LogP contribution in [0.5, 0.6) is 5.75 Å². The van der Waals surface area contributed by atoms with Gasteiger partial charge in [0.05, 0.1) is 34.1 Å². The molecule has 3 rings (SSSR count). The molecule has 3 aromatic rings. The van der Waals surface area contributed by atoms with E-state index in [2.05, 4.69) is 10.3 Å². The Hall–Kier alpha value is -2.83. The lowest BCUT2D eigenvalue weighted by molar-refractivity contribution is -0.137. The van der Waals surface area contributed by atoms with Gasteiger partial charge in [0.2, 0.25) is 0 Å². The summed E-state index contributed by atoms with van der Waals surface area (Å²) < 4.78 is 71.9. The topological polar surface area (TPSA) is 103 Å². The van der Waals surface area contributed by atoms with Crippen LogP contribution in [-0.2, 0) is 16.2 Å². The number of alkyl halides is 3. The number of sulfonamides is 1. The van der Waals surface area contributed by atoms with E-state index in [1.165, 1.54) is 24.8 Å². The van der Waals surface area contributed by atoms with E-state index in [1.54, 1.807) is 16.9 Å². The molecule has 0 saturated heterocycles. The van der Waals surface area contributed by atoms with Gasteiger partial charge in [-0.15, -0.1) is 5.10 Å². The van der Waals surface area contributed by atoms with E-state index >= 15 is 0 Å². The molecule has 1 heterocycles. The Bertz CT molecular complexity index is 1310. The maximum absolute atomic E-state index is 12.9. The van der Waals surface area contributed by atoms with Gasteiger partial charge in [0, 0.05) is 6.07 Å². The number of amides is 1. The minimum atomic E-state index is -4.81. The molecule has 0 atom stereocenters. The Morgan fingerprint density at radius 2 is 1.81 bits per heavy atom. The highest BCUT2D eigenvalue weighted by Gasteiger charge is 2.33. The molecule has 1 aromatic heterocycles. The number of nitrogens with one attached hydrogen (secondary N) is 1. The molecule has 0 aliphatic heterocycles. The van der Waals surface area contributed by atoms with E-state index in [1.807, 2.05) is 0 Å². The summed E-state index contributed by atoms with van der Waals surface area (Å²) in [6, 6.07) is 6.36. The summed E-state index contributed by atoms with van der Waals surface area (Å²) in [5.41, 5.74) is -1.17. The highest BCUT2D eigenvalue weighted by molar-refractivity contribution is 7.90. The van der Waals surface area contributed by atoms with Gasteiger partial charge in [0.1, 0.15) is 10.6 Å². The first-order valence-corrected chi connectivity index (χ1v) is 10.8. The van der Waals surface area contributed by atoms with Crippen molar-refractivity contribution in [2.75, 3.05) is 7.11 Å². The standard InChI is InChI=1S/C18H13Cl2F3N4O4S/c1-9-16(24-26-27(9)14-6-4-11(31-2)8-13(14)20)17(28)25-32(29,30)15-7-10(18(21,22)23)3-5-12(15)19/h3-8H,1-2H3,(H,25,28). The van der Waals surface area contributed by atoms with Crippen LogP contribution in [0.1, 0.15) is 21.7 Å². The van der Waals surface area contributed by atoms with Crippen LogP contribution in [0.3, 0.4) is 0 Å². The Balaban J connectivity index is 1.93. The smallest absolute Gasteiger partial charge is 0.416 e. The summed E-state index contributed by atoms with van der Waals surface area (Å²) >= 11 is 12.0. The molecule has 0 saturated carbocycles. The van der Waals surface area contributed by atoms with Crippen LogP contribution in [0.25, 0.3) is 5.69 Å². The van der Waals surface area contributed by atoms with Crippen molar-refractivity contribution in [3.05, 3.63) is 63.4 Å². The van der Waals surface area contributed by atoms with Crippen molar-refractivity contribution in [1.82, 2.24) is 19.7 Å². The maximum Gasteiger partial charge on any atom is 0.416 e. The molecule has 14 heteroatoms. The SMILES string of the molecule is COc1ccc(-n2nnc(C(=O)NS(=O)(=O)c3cc(C(F)(F)F)ccc3Cl)c2C)c(Cl)c1. The van der Waals surface area contributed by atoms with E-state index in [0.717, 1.165) is 6.07 Å². The van der Waals surface area contributed by atoms with Gasteiger partial charge in [-0.25, -0.2) is 17.8 Å². The number of methoxy groups -OCH3 is 1. The number of aromatic nitrogens is 3. The zero-order valence-electron chi connectivity index (χ0n) is 16.2. The first kappa shape index (κ1) is 23.8. The summed E-state index contributed by atoms with van der Waals surface area (Å²) in [5, 5.41) is 7.19. The number of nitrogens with zero attached hydrogens (tertiary/aromatic N) is 3. The van der Waals surface area contributed by atoms with E-state index in [-0.39, 0.29) is 16.4 Å². The van der Waals surface area contributed by atoms with Crippen molar-refractivity contribution in [3.63, 3.8) is 0 Å². The fourth-order valence-electron chi connectivity index (χ4n) is 2.67. The van der Waals surface area contributed by atoms with Crippen LogP contribution in [0.4, 0.5) is 13.2 Å². The second-order valence-electron chi connectivity index (χ2n) is 6.33. The van der Waals surface area contributed by atoms with Crippen LogP contribution in [0.15, 0.2) is 41.3 Å². The van der Waals surface area contributed by atoms with E-state index in [0.29, 0.717) is 23.6 Å². The molecule has 0 fully saturated rings. The first-order chi connectivity index (χ1) is 14.8. The molecule has 1 amide bonds. The maximum atomic E-state index is 12.9. The zero-order valence-corrected chi connectivity index (χ0v) is 18.6. The van der Waals surface area contributed by atoms with E-state index < -0.39 is 37.6 Å². The highest BCUT2D eigenvalue weighted by atomic mass is 35.5. The van der Waals surface area contributed by atoms with Crippen LogP contribution in [0.2, 0.25) is 10.0 Å². The molecule has 0 bridgehead atoms. The summed E-state index contributed by atoms with van der Waals surface area (Å²) in [5.74, 6) is -0.745. The van der Waals surface area contributed by atoms with Crippen LogP contribution in [0, 0.1) is 6.92 Å². The molecule has 0 spiro atoms. The first-order valence-electron chi connectivity index (χ1n) is 8.55. The van der Waals surface area contributed by atoms with Gasteiger partial charge in [-0.3, -0.25) is 4.79 Å². The largest absolute Gasteiger partial charge is 0.497 e. The minimum absolute atomic E-state index is 0.125. The summed E-state index contributed by atoms with van der Waals surface area (Å²) in [6.45, 7) is 1.43. The molecule has 0 radical (unpaired) electrons. The summed E-state index contributed by atoms with van der Waals surface area (Å²) in [4.78, 5) is 11.6. The van der Waals surface area contributed by atoms with Crippen molar-refractivity contribution < 1.29 is 31.1 Å². The molecular formula is C18H13Cl2F3N4O4S. The van der Waals surface area contributed by atoms with Gasteiger partial charge in [-0.1, -0.05) is 28.4 Å². The molecule has 0 aliphatic rings. The average molecular weight is 509 g/mol. The monoisotopic (exact) mass is 508 g/mol. The Morgan fingerprint density at radius 1 is 1.12 bits per heavy atom. The predicted molar refractivity (Wildman–Crippen MR) is 109 cm³/mol. The molecule has 170 valence electrons. The Labute approximate surface area is 189 Å². The lowest BCUT2D eigenvalue weighted by Crippen LogP contribution is -2.31. The van der Waals surface area contributed by atoms with Gasteiger partial charge < -0.3 is 4.74 Å². The third-order valence-corrected chi connectivity index (χ3v) is 6.38. The lowest BCUT2D eigenvalue weighted by atomic mass is 10.2. The molecule has 8 nitrogen and oxygen atoms in total. The van der Waals surface area contributed by atoms with Gasteiger partial charge in [-0.05, 0) is 37.3 Å². The molecule has 1 N–H and O–H groups in total. The third kappa shape index (κ3) is 4.66. The van der Waals surface area contributed by atoms with Crippen LogP contribution in [-0.4, -0.2) is 36.4 Å². The highest BCUT2D eigenvalue weighted by Crippen LogP contribution is 2.33. The van der Waals surface area contributed by atoms with Gasteiger partial charge >= 0.3 is 6.18 Å². The van der Waals surface area contributed by atoms with Crippen molar-refractivity contribution in [3.8, 4) is 11.4 Å². The Kier molecular flexibility index (Phi) is 6.40. The van der Waals surface area contributed by atoms with E-state index in [4.69, 9.17) is 27.9 Å². The number of halogens is 5. The molecular weight excluding hydrogens is 496 g/mol. The van der Waals surface area contributed by atoms with Gasteiger partial charge in [0.15, 0.2) is 5.69 Å². The van der Waals surface area contributed by atoms with Crippen molar-refractivity contribution in [1.29, 1.82) is 0 Å². The van der Waals surface area contributed by atoms with Crippen LogP contribution < -0.4 is 9.46 Å². The minimum Gasteiger partial charge on any atom is -0.497 e. The van der Waals surface area contributed by atoms with Crippen molar-refractivity contribution in [2.45, 2.75) is 18.0 Å². The van der Waals surface area contributed by atoms with Crippen LogP contribution >= 0.6 is 23.2 Å². The number of ether oxygens (including phenoxy) is 1. The number of hydrogen-bond donors (Lipinski definition) is 1.